The minimum atomic E-state index is -3.46. The van der Waals surface area contributed by atoms with Gasteiger partial charge in [-0.2, -0.15) is 0 Å². The van der Waals surface area contributed by atoms with Crippen molar-refractivity contribution in [2.24, 2.45) is 0 Å². The molecule has 18 heavy (non-hydrogen) atoms. The highest BCUT2D eigenvalue weighted by molar-refractivity contribution is 7.91. The fourth-order valence-corrected chi connectivity index (χ4v) is 3.88. The zero-order valence-corrected chi connectivity index (χ0v) is 12.9. The van der Waals surface area contributed by atoms with Gasteiger partial charge in [-0.1, -0.05) is 36.8 Å². The first-order chi connectivity index (χ1) is 8.49. The van der Waals surface area contributed by atoms with Crippen LogP contribution < -0.4 is 4.72 Å². The average Bonchev–Trinajstić information content (AvgIpc) is 2.75. The fourth-order valence-electron chi connectivity index (χ4n) is 1.52. The molecule has 0 saturated heterocycles. The molecule has 0 saturated carbocycles. The third kappa shape index (κ3) is 4.81. The van der Waals surface area contributed by atoms with Crippen molar-refractivity contribution in [1.82, 2.24) is 14.6 Å². The Bertz CT molecular complexity index is 461. The molecule has 0 radical (unpaired) electrons. The minimum Gasteiger partial charge on any atom is -0.302 e. The minimum absolute atomic E-state index is 0.158. The van der Waals surface area contributed by atoms with Crippen LogP contribution in [0.15, 0.2) is 10.4 Å². The Kier molecular flexibility index (Phi) is 6.51. The summed E-state index contributed by atoms with van der Waals surface area (Å²) in [6, 6.07) is 0. The Labute approximate surface area is 117 Å². The number of halogens is 1. The summed E-state index contributed by atoms with van der Waals surface area (Å²) >= 11 is 6.58. The molecule has 1 heterocycles. The largest absolute Gasteiger partial charge is 0.302 e. The second kappa shape index (κ2) is 7.40. The van der Waals surface area contributed by atoms with Crippen LogP contribution in [0, 0.1) is 0 Å². The van der Waals surface area contributed by atoms with Crippen molar-refractivity contribution in [2.45, 2.75) is 24.5 Å². The third-order valence-corrected chi connectivity index (χ3v) is 5.47. The number of aromatic nitrogens is 1. The maximum absolute atomic E-state index is 11.9. The molecule has 0 aliphatic heterocycles. The molecule has 0 amide bonds. The van der Waals surface area contributed by atoms with Gasteiger partial charge >= 0.3 is 0 Å². The highest BCUT2D eigenvalue weighted by Crippen LogP contribution is 2.21. The number of nitrogens with one attached hydrogen (secondary N) is 1. The van der Waals surface area contributed by atoms with Crippen molar-refractivity contribution in [1.29, 1.82) is 0 Å². The van der Waals surface area contributed by atoms with Crippen LogP contribution in [0.4, 0.5) is 0 Å². The van der Waals surface area contributed by atoms with Crippen molar-refractivity contribution in [2.75, 3.05) is 26.2 Å². The van der Waals surface area contributed by atoms with Gasteiger partial charge in [0.25, 0.3) is 10.0 Å². The molecule has 0 fully saturated rings. The fraction of sp³-hybridized carbons (Fsp3) is 0.700. The summed E-state index contributed by atoms with van der Waals surface area (Å²) < 4.78 is 26.7. The Morgan fingerprint density at radius 2 is 2.17 bits per heavy atom. The molecule has 0 aliphatic carbocycles. The van der Waals surface area contributed by atoms with Crippen molar-refractivity contribution >= 4 is 33.0 Å². The topological polar surface area (TPSA) is 62.3 Å². The number of rotatable bonds is 8. The number of sulfonamides is 1. The summed E-state index contributed by atoms with van der Waals surface area (Å²) in [7, 11) is -3.46. The van der Waals surface area contributed by atoms with Crippen molar-refractivity contribution < 1.29 is 8.42 Å². The first kappa shape index (κ1) is 15.8. The third-order valence-electron chi connectivity index (χ3n) is 2.43. The molecule has 1 aromatic heterocycles. The molecule has 104 valence electrons. The van der Waals surface area contributed by atoms with Gasteiger partial charge in [-0.25, -0.2) is 18.1 Å². The quantitative estimate of drug-likeness (QED) is 0.795. The number of hydrogen-bond donors (Lipinski definition) is 1. The molecule has 0 atom stereocenters. The van der Waals surface area contributed by atoms with E-state index >= 15 is 0 Å². The van der Waals surface area contributed by atoms with Gasteiger partial charge in [0.2, 0.25) is 0 Å². The van der Waals surface area contributed by atoms with Gasteiger partial charge in [-0.3, -0.25) is 0 Å². The standard InChI is InChI=1S/C10H18ClN3O2S2/c1-3-6-14(4-2)7-5-13-18(15,16)9-8-12-10(11)17-9/h8,13H,3-7H2,1-2H3. The summed E-state index contributed by atoms with van der Waals surface area (Å²) in [6.45, 7) is 7.16. The van der Waals surface area contributed by atoms with Crippen LogP contribution in [0.3, 0.4) is 0 Å². The average molecular weight is 312 g/mol. The van der Waals surface area contributed by atoms with Crippen LogP contribution in [0.5, 0.6) is 0 Å². The molecule has 5 nitrogen and oxygen atoms in total. The molecule has 0 aliphatic rings. The van der Waals surface area contributed by atoms with Crippen molar-refractivity contribution in [3.8, 4) is 0 Å². The monoisotopic (exact) mass is 311 g/mol. The zero-order valence-electron chi connectivity index (χ0n) is 10.5. The first-order valence-electron chi connectivity index (χ1n) is 5.83. The summed E-state index contributed by atoms with van der Waals surface area (Å²) in [5.74, 6) is 0. The van der Waals surface area contributed by atoms with E-state index in [9.17, 15) is 8.42 Å². The summed E-state index contributed by atoms with van der Waals surface area (Å²) in [5.41, 5.74) is 0. The molecule has 1 aromatic rings. The van der Waals surface area contributed by atoms with Crippen molar-refractivity contribution in [3.05, 3.63) is 10.7 Å². The first-order valence-corrected chi connectivity index (χ1v) is 8.50. The van der Waals surface area contributed by atoms with Gasteiger partial charge in [0.15, 0.2) is 8.68 Å². The molecule has 0 spiro atoms. The molecule has 1 rings (SSSR count). The van der Waals surface area contributed by atoms with Crippen molar-refractivity contribution in [3.63, 3.8) is 0 Å². The highest BCUT2D eigenvalue weighted by Gasteiger charge is 2.17. The lowest BCUT2D eigenvalue weighted by molar-refractivity contribution is 0.293. The highest BCUT2D eigenvalue weighted by atomic mass is 35.5. The molecular weight excluding hydrogens is 294 g/mol. The predicted molar refractivity (Wildman–Crippen MR) is 74.7 cm³/mol. The van der Waals surface area contributed by atoms with Crippen LogP contribution in [0.2, 0.25) is 4.47 Å². The number of likely N-dealkylation sites (N-methyl/N-ethyl adjacent to an activating group) is 1. The molecule has 0 aromatic carbocycles. The lowest BCUT2D eigenvalue weighted by Gasteiger charge is -2.19. The summed E-state index contributed by atoms with van der Waals surface area (Å²) in [5, 5.41) is 0. The second-order valence-corrected chi connectivity index (χ2v) is 7.37. The lowest BCUT2D eigenvalue weighted by Crippen LogP contribution is -2.35. The van der Waals surface area contributed by atoms with E-state index in [2.05, 4.69) is 28.5 Å². The van der Waals surface area contributed by atoms with Gasteiger partial charge < -0.3 is 4.90 Å². The molecule has 8 heteroatoms. The summed E-state index contributed by atoms with van der Waals surface area (Å²) in [4.78, 5) is 5.92. The SMILES string of the molecule is CCCN(CC)CCNS(=O)(=O)c1cnc(Cl)s1. The van der Waals surface area contributed by atoms with Gasteiger partial charge in [0.05, 0.1) is 6.20 Å². The maximum Gasteiger partial charge on any atom is 0.251 e. The van der Waals surface area contributed by atoms with E-state index < -0.39 is 10.0 Å². The van der Waals surface area contributed by atoms with Gasteiger partial charge in [0, 0.05) is 13.1 Å². The summed E-state index contributed by atoms with van der Waals surface area (Å²) in [6.07, 6.45) is 2.34. The van der Waals surface area contributed by atoms with E-state index in [1.165, 1.54) is 6.20 Å². The van der Waals surface area contributed by atoms with Crippen LogP contribution >= 0.6 is 22.9 Å². The second-order valence-electron chi connectivity index (χ2n) is 3.76. The van der Waals surface area contributed by atoms with E-state index in [4.69, 9.17) is 11.6 Å². The molecule has 0 unspecified atom stereocenters. The van der Waals surface area contributed by atoms with Gasteiger partial charge in [-0.05, 0) is 19.5 Å². The van der Waals surface area contributed by atoms with Crippen LogP contribution in [-0.2, 0) is 10.0 Å². The van der Waals surface area contributed by atoms with Gasteiger partial charge in [-0.15, -0.1) is 0 Å². The number of hydrogen-bond acceptors (Lipinski definition) is 5. The van der Waals surface area contributed by atoms with E-state index in [0.29, 0.717) is 13.1 Å². The normalized spacial score (nSPS) is 12.2. The number of thiazole rings is 1. The van der Waals surface area contributed by atoms with E-state index in [1.807, 2.05) is 0 Å². The molecule has 1 N–H and O–H groups in total. The Morgan fingerprint density at radius 3 is 2.67 bits per heavy atom. The Morgan fingerprint density at radius 1 is 1.44 bits per heavy atom. The van der Waals surface area contributed by atoms with E-state index in [1.54, 1.807) is 0 Å². The predicted octanol–water partition coefficient (Wildman–Crippen LogP) is 1.81. The van der Waals surface area contributed by atoms with Gasteiger partial charge in [0.1, 0.15) is 0 Å². The number of nitrogens with zero attached hydrogens (tertiary/aromatic N) is 2. The lowest BCUT2D eigenvalue weighted by atomic mass is 10.4. The van der Waals surface area contributed by atoms with E-state index in [0.717, 1.165) is 30.8 Å². The Balaban J connectivity index is 2.47. The Hall–Kier alpha value is -0.210. The smallest absolute Gasteiger partial charge is 0.251 e. The molecular formula is C10H18ClN3O2S2. The maximum atomic E-state index is 11.9. The van der Waals surface area contributed by atoms with Crippen LogP contribution in [-0.4, -0.2) is 44.5 Å². The zero-order chi connectivity index (χ0) is 13.6. The van der Waals surface area contributed by atoms with Crippen LogP contribution in [0.25, 0.3) is 0 Å². The van der Waals surface area contributed by atoms with E-state index in [-0.39, 0.29) is 8.68 Å². The van der Waals surface area contributed by atoms with Crippen LogP contribution in [0.1, 0.15) is 20.3 Å². The molecule has 0 bridgehead atoms.